The summed E-state index contributed by atoms with van der Waals surface area (Å²) >= 11 is 1.08. The predicted octanol–water partition coefficient (Wildman–Crippen LogP) is 3.80. The van der Waals surface area contributed by atoms with Crippen LogP contribution in [0, 0.1) is 15.9 Å². The molecule has 0 radical (unpaired) electrons. The summed E-state index contributed by atoms with van der Waals surface area (Å²) in [6.45, 7) is 4.90. The van der Waals surface area contributed by atoms with Gasteiger partial charge >= 0.3 is 6.09 Å². The Kier molecular flexibility index (Phi) is 4.93. The summed E-state index contributed by atoms with van der Waals surface area (Å²) in [5.41, 5.74) is -1.80. The number of thioether (sulfide) groups is 1. The first-order valence-corrected chi connectivity index (χ1v) is 6.89. The van der Waals surface area contributed by atoms with Gasteiger partial charge in [-0.2, -0.15) is 0 Å². The molecule has 0 heterocycles. The third-order valence-corrected chi connectivity index (χ3v) is 2.88. The van der Waals surface area contributed by atoms with Crippen molar-refractivity contribution in [3.63, 3.8) is 0 Å². The highest BCUT2D eigenvalue weighted by Gasteiger charge is 2.25. The minimum Gasteiger partial charge on any atom is -0.444 e. The minimum atomic E-state index is -0.947. The number of hydrogen-bond donors (Lipinski definition) is 1. The number of halogens is 1. The van der Waals surface area contributed by atoms with Gasteiger partial charge in [-0.25, -0.2) is 9.18 Å². The molecule has 8 heteroatoms. The Morgan fingerprint density at radius 3 is 2.50 bits per heavy atom. The lowest BCUT2D eigenvalue weighted by atomic mass is 10.2. The summed E-state index contributed by atoms with van der Waals surface area (Å²) in [4.78, 5) is 21.9. The second-order valence-corrected chi connectivity index (χ2v) is 5.71. The fourth-order valence-corrected chi connectivity index (χ4v) is 1.87. The highest BCUT2D eigenvalue weighted by molar-refractivity contribution is 7.98. The lowest BCUT2D eigenvalue weighted by molar-refractivity contribution is -0.384. The topological polar surface area (TPSA) is 81.5 Å². The second-order valence-electron chi connectivity index (χ2n) is 4.86. The quantitative estimate of drug-likeness (QED) is 0.521. The van der Waals surface area contributed by atoms with Crippen LogP contribution in [0.25, 0.3) is 0 Å². The molecule has 0 bridgehead atoms. The Morgan fingerprint density at radius 1 is 1.45 bits per heavy atom. The summed E-state index contributed by atoms with van der Waals surface area (Å²) in [6, 6.07) is 2.43. The van der Waals surface area contributed by atoms with Gasteiger partial charge in [0.15, 0.2) is 11.5 Å². The number of rotatable bonds is 3. The maximum atomic E-state index is 14.1. The van der Waals surface area contributed by atoms with E-state index in [-0.39, 0.29) is 4.90 Å². The number of anilines is 1. The van der Waals surface area contributed by atoms with E-state index in [0.717, 1.165) is 17.8 Å². The Bertz CT molecular complexity index is 543. The number of nitro groups is 1. The average molecular weight is 302 g/mol. The molecule has 0 saturated carbocycles. The van der Waals surface area contributed by atoms with Gasteiger partial charge in [-0.1, -0.05) is 0 Å². The normalized spacial score (nSPS) is 11.1. The van der Waals surface area contributed by atoms with Crippen LogP contribution < -0.4 is 5.32 Å². The van der Waals surface area contributed by atoms with Crippen LogP contribution in [0.15, 0.2) is 17.0 Å². The van der Waals surface area contributed by atoms with Gasteiger partial charge in [0.1, 0.15) is 5.60 Å². The molecule has 1 aromatic carbocycles. The molecule has 1 amide bonds. The van der Waals surface area contributed by atoms with Crippen molar-refractivity contribution in [3.05, 3.63) is 28.1 Å². The van der Waals surface area contributed by atoms with Crippen molar-refractivity contribution in [1.82, 2.24) is 0 Å². The summed E-state index contributed by atoms with van der Waals surface area (Å²) in [5, 5.41) is 13.0. The van der Waals surface area contributed by atoms with Gasteiger partial charge < -0.3 is 4.74 Å². The molecule has 0 aromatic heterocycles. The fraction of sp³-hybridized carbons (Fsp3) is 0.417. The molecular weight excluding hydrogens is 287 g/mol. The van der Waals surface area contributed by atoms with E-state index in [9.17, 15) is 19.3 Å². The zero-order valence-corrected chi connectivity index (χ0v) is 12.3. The number of nitrogens with zero attached hydrogens (tertiary/aromatic N) is 1. The van der Waals surface area contributed by atoms with E-state index in [1.54, 1.807) is 27.0 Å². The highest BCUT2D eigenvalue weighted by atomic mass is 32.2. The molecule has 0 aliphatic heterocycles. The Hall–Kier alpha value is -1.83. The minimum absolute atomic E-state index is 0.196. The Balaban J connectivity index is 3.15. The zero-order chi connectivity index (χ0) is 15.5. The molecule has 0 saturated heterocycles. The van der Waals surface area contributed by atoms with Crippen molar-refractivity contribution in [2.24, 2.45) is 0 Å². The number of nitrogens with one attached hydrogen (secondary N) is 1. The third-order valence-electron chi connectivity index (χ3n) is 2.13. The molecule has 0 fully saturated rings. The van der Waals surface area contributed by atoms with Crippen LogP contribution in [0.1, 0.15) is 20.8 Å². The molecule has 1 N–H and O–H groups in total. The molecule has 110 valence electrons. The van der Waals surface area contributed by atoms with Crippen molar-refractivity contribution >= 4 is 29.2 Å². The lowest BCUT2D eigenvalue weighted by Crippen LogP contribution is -2.27. The summed E-state index contributed by atoms with van der Waals surface area (Å²) in [5.74, 6) is -0.849. The van der Waals surface area contributed by atoms with Gasteiger partial charge in [-0.3, -0.25) is 15.4 Å². The third kappa shape index (κ3) is 4.09. The van der Waals surface area contributed by atoms with Gasteiger partial charge in [0.25, 0.3) is 5.69 Å². The summed E-state index contributed by atoms with van der Waals surface area (Å²) in [6.07, 6.45) is 0.680. The highest BCUT2D eigenvalue weighted by Crippen LogP contribution is 2.33. The SMILES string of the molecule is CSc1ccc([N+](=O)[O-])c(NC(=O)OC(C)(C)C)c1F. The van der Waals surface area contributed by atoms with Crippen molar-refractivity contribution < 1.29 is 18.8 Å². The van der Waals surface area contributed by atoms with Gasteiger partial charge in [0.05, 0.1) is 4.92 Å². The van der Waals surface area contributed by atoms with Crippen LogP contribution >= 0.6 is 11.8 Å². The zero-order valence-electron chi connectivity index (χ0n) is 11.5. The van der Waals surface area contributed by atoms with Crippen LogP contribution in [0.3, 0.4) is 0 Å². The predicted molar refractivity (Wildman–Crippen MR) is 74.7 cm³/mol. The standard InChI is InChI=1S/C12H15FN2O4S/c1-12(2,3)19-11(16)14-10-7(15(17)18)5-6-8(20-4)9(10)13/h5-6H,1-4H3,(H,14,16). The summed E-state index contributed by atoms with van der Waals surface area (Å²) < 4.78 is 19.1. The Morgan fingerprint density at radius 2 is 2.05 bits per heavy atom. The monoisotopic (exact) mass is 302 g/mol. The lowest BCUT2D eigenvalue weighted by Gasteiger charge is -2.20. The van der Waals surface area contributed by atoms with Crippen molar-refractivity contribution in [1.29, 1.82) is 0 Å². The van der Waals surface area contributed by atoms with Gasteiger partial charge in [0.2, 0.25) is 0 Å². The van der Waals surface area contributed by atoms with E-state index in [4.69, 9.17) is 4.74 Å². The molecule has 1 aromatic rings. The van der Waals surface area contributed by atoms with Crippen molar-refractivity contribution in [3.8, 4) is 0 Å². The van der Waals surface area contributed by atoms with Crippen LogP contribution in [0.5, 0.6) is 0 Å². The number of ether oxygens (including phenoxy) is 1. The molecule has 0 spiro atoms. The molecule has 0 unspecified atom stereocenters. The molecular formula is C12H15FN2O4S. The van der Waals surface area contributed by atoms with E-state index in [1.807, 2.05) is 0 Å². The van der Waals surface area contributed by atoms with Gasteiger partial charge in [-0.15, -0.1) is 11.8 Å². The molecule has 1 rings (SSSR count). The maximum absolute atomic E-state index is 14.1. The first kappa shape index (κ1) is 16.2. The molecule has 0 atom stereocenters. The number of nitro benzene ring substituents is 1. The maximum Gasteiger partial charge on any atom is 0.412 e. The van der Waals surface area contributed by atoms with Crippen LogP contribution in [-0.2, 0) is 4.74 Å². The fourth-order valence-electron chi connectivity index (χ4n) is 1.38. The van der Waals surface area contributed by atoms with E-state index < -0.39 is 33.8 Å². The van der Waals surface area contributed by atoms with Gasteiger partial charge in [-0.05, 0) is 33.1 Å². The van der Waals surface area contributed by atoms with Gasteiger partial charge in [0, 0.05) is 11.0 Å². The molecule has 20 heavy (non-hydrogen) atoms. The Labute approximate surface area is 119 Å². The first-order valence-electron chi connectivity index (χ1n) is 5.66. The number of benzene rings is 1. The van der Waals surface area contributed by atoms with Crippen LogP contribution in [0.4, 0.5) is 20.6 Å². The average Bonchev–Trinajstić information content (AvgIpc) is 2.28. The molecule has 0 aliphatic carbocycles. The number of hydrogen-bond acceptors (Lipinski definition) is 5. The van der Waals surface area contributed by atoms with E-state index in [1.165, 1.54) is 6.07 Å². The molecule has 0 aliphatic rings. The largest absolute Gasteiger partial charge is 0.444 e. The molecule has 6 nitrogen and oxygen atoms in total. The van der Waals surface area contributed by atoms with Crippen molar-refractivity contribution in [2.75, 3.05) is 11.6 Å². The first-order chi connectivity index (χ1) is 9.15. The van der Waals surface area contributed by atoms with Crippen molar-refractivity contribution in [2.45, 2.75) is 31.3 Å². The summed E-state index contributed by atoms with van der Waals surface area (Å²) in [7, 11) is 0. The smallest absolute Gasteiger partial charge is 0.412 e. The van der Waals surface area contributed by atoms with Crippen LogP contribution in [-0.4, -0.2) is 22.9 Å². The number of carbonyl (C=O) groups excluding carboxylic acids is 1. The van der Waals surface area contributed by atoms with E-state index in [2.05, 4.69) is 5.32 Å². The number of carbonyl (C=O) groups is 1. The van der Waals surface area contributed by atoms with Crippen LogP contribution in [0.2, 0.25) is 0 Å². The van der Waals surface area contributed by atoms with E-state index in [0.29, 0.717) is 0 Å². The second kappa shape index (κ2) is 6.08. The number of amides is 1. The van der Waals surface area contributed by atoms with E-state index >= 15 is 0 Å².